The lowest BCUT2D eigenvalue weighted by Gasteiger charge is -2.26. The summed E-state index contributed by atoms with van der Waals surface area (Å²) in [5.74, 6) is 0.830. The van der Waals surface area contributed by atoms with Crippen molar-refractivity contribution in [3.8, 4) is 0 Å². The molecule has 0 radical (unpaired) electrons. The average molecular weight is 242 g/mol. The van der Waals surface area contributed by atoms with Gasteiger partial charge < -0.3 is 9.47 Å². The summed E-state index contributed by atoms with van der Waals surface area (Å²) in [6.45, 7) is 0. The fourth-order valence-electron chi connectivity index (χ4n) is 3.22. The Morgan fingerprint density at radius 3 is 1.50 bits per heavy atom. The fraction of sp³-hybridized carbons (Fsp3) is 0.400. The summed E-state index contributed by atoms with van der Waals surface area (Å²) in [6.07, 6.45) is 17.2. The van der Waals surface area contributed by atoms with Crippen LogP contribution < -0.4 is 0 Å². The van der Waals surface area contributed by atoms with E-state index in [2.05, 4.69) is 24.3 Å². The van der Waals surface area contributed by atoms with Gasteiger partial charge in [-0.25, -0.2) is 4.79 Å². The first kappa shape index (κ1) is 10.2. The molecule has 0 spiro atoms. The molecule has 4 rings (SSSR count). The Labute approximate surface area is 105 Å². The van der Waals surface area contributed by atoms with Crippen molar-refractivity contribution in [1.29, 1.82) is 0 Å². The summed E-state index contributed by atoms with van der Waals surface area (Å²) in [5.41, 5.74) is -1.11. The van der Waals surface area contributed by atoms with Gasteiger partial charge in [0, 0.05) is 12.8 Å². The summed E-state index contributed by atoms with van der Waals surface area (Å²) in [7, 11) is 0. The number of carbonyl (C=O) groups excluding carboxylic acids is 1. The average Bonchev–Trinajstić information content (AvgIpc) is 3.06. The standard InChI is InChI=1S/C15H14O3/c16-13(17-14-5-1-11(9-14)2-6-14)18-15-7-3-12(10-15)4-8-15/h1-8,11-12H,9-10H2. The van der Waals surface area contributed by atoms with Crippen molar-refractivity contribution in [2.75, 3.05) is 0 Å². The lowest BCUT2D eigenvalue weighted by atomic mass is 10.1. The van der Waals surface area contributed by atoms with Crippen molar-refractivity contribution in [2.24, 2.45) is 11.8 Å². The van der Waals surface area contributed by atoms with E-state index in [1.54, 1.807) is 0 Å². The highest BCUT2D eigenvalue weighted by Gasteiger charge is 2.44. The molecule has 0 heterocycles. The minimum absolute atomic E-state index is 0.415. The van der Waals surface area contributed by atoms with Crippen LogP contribution in [0.25, 0.3) is 0 Å². The predicted molar refractivity (Wildman–Crippen MR) is 65.8 cm³/mol. The van der Waals surface area contributed by atoms with Crippen LogP contribution in [-0.4, -0.2) is 17.4 Å². The zero-order valence-electron chi connectivity index (χ0n) is 9.91. The molecule has 18 heavy (non-hydrogen) atoms. The van der Waals surface area contributed by atoms with Crippen LogP contribution in [0.3, 0.4) is 0 Å². The van der Waals surface area contributed by atoms with Crippen molar-refractivity contribution in [3.05, 3.63) is 48.6 Å². The largest absolute Gasteiger partial charge is 0.510 e. The number of allylic oxidation sites excluding steroid dienone is 4. The highest BCUT2D eigenvalue weighted by Crippen LogP contribution is 2.42. The molecule has 0 atom stereocenters. The summed E-state index contributed by atoms with van der Waals surface area (Å²) in [6, 6.07) is 0. The first-order valence-electron chi connectivity index (χ1n) is 6.37. The van der Waals surface area contributed by atoms with Crippen molar-refractivity contribution in [1.82, 2.24) is 0 Å². The molecule has 92 valence electrons. The van der Waals surface area contributed by atoms with E-state index in [4.69, 9.17) is 9.47 Å². The van der Waals surface area contributed by atoms with Gasteiger partial charge in [0.1, 0.15) is 0 Å². The molecule has 0 aliphatic heterocycles. The maximum atomic E-state index is 11.9. The Hall–Kier alpha value is -1.77. The second-order valence-electron chi connectivity index (χ2n) is 5.54. The van der Waals surface area contributed by atoms with Gasteiger partial charge in [-0.3, -0.25) is 0 Å². The molecule has 0 saturated carbocycles. The van der Waals surface area contributed by atoms with Gasteiger partial charge in [0.2, 0.25) is 0 Å². The quantitative estimate of drug-likeness (QED) is 0.551. The van der Waals surface area contributed by atoms with E-state index < -0.39 is 17.4 Å². The Morgan fingerprint density at radius 2 is 1.22 bits per heavy atom. The van der Waals surface area contributed by atoms with Crippen molar-refractivity contribution < 1.29 is 14.3 Å². The van der Waals surface area contributed by atoms with Crippen molar-refractivity contribution in [2.45, 2.75) is 24.0 Å². The predicted octanol–water partition coefficient (Wildman–Crippen LogP) is 2.91. The monoisotopic (exact) mass is 242 g/mol. The zero-order valence-corrected chi connectivity index (χ0v) is 9.91. The van der Waals surface area contributed by atoms with E-state index in [0.717, 1.165) is 12.8 Å². The van der Waals surface area contributed by atoms with Crippen LogP contribution >= 0.6 is 0 Å². The van der Waals surface area contributed by atoms with Crippen LogP contribution in [0.15, 0.2) is 48.6 Å². The van der Waals surface area contributed by atoms with E-state index in [1.165, 1.54) is 0 Å². The highest BCUT2D eigenvalue weighted by molar-refractivity contribution is 5.64. The van der Waals surface area contributed by atoms with Crippen molar-refractivity contribution >= 4 is 6.16 Å². The third-order valence-corrected chi connectivity index (χ3v) is 4.16. The lowest BCUT2D eigenvalue weighted by molar-refractivity contribution is -0.0205. The molecule has 0 amide bonds. The third kappa shape index (κ3) is 1.40. The van der Waals surface area contributed by atoms with E-state index in [1.807, 2.05) is 24.3 Å². The lowest BCUT2D eigenvalue weighted by Crippen LogP contribution is -2.33. The van der Waals surface area contributed by atoms with Gasteiger partial charge in [0.15, 0.2) is 11.2 Å². The van der Waals surface area contributed by atoms with Crippen LogP contribution in [0.2, 0.25) is 0 Å². The topological polar surface area (TPSA) is 35.5 Å². The van der Waals surface area contributed by atoms with Crippen molar-refractivity contribution in [3.63, 3.8) is 0 Å². The fourth-order valence-corrected chi connectivity index (χ4v) is 3.22. The summed E-state index contributed by atoms with van der Waals surface area (Å²) >= 11 is 0. The van der Waals surface area contributed by atoms with Crippen LogP contribution in [0.4, 0.5) is 4.79 Å². The molecular formula is C15H14O3. The van der Waals surface area contributed by atoms with E-state index in [9.17, 15) is 4.79 Å². The van der Waals surface area contributed by atoms with E-state index in [0.29, 0.717) is 11.8 Å². The molecule has 0 unspecified atom stereocenters. The first-order valence-corrected chi connectivity index (χ1v) is 6.37. The molecule has 4 aliphatic carbocycles. The number of rotatable bonds is 2. The minimum atomic E-state index is -0.580. The molecule has 3 heteroatoms. The molecule has 3 nitrogen and oxygen atoms in total. The van der Waals surface area contributed by atoms with Gasteiger partial charge in [-0.05, 0) is 36.1 Å². The molecular weight excluding hydrogens is 228 g/mol. The summed E-state index contributed by atoms with van der Waals surface area (Å²) in [5, 5.41) is 0. The van der Waals surface area contributed by atoms with Gasteiger partial charge in [-0.15, -0.1) is 0 Å². The normalized spacial score (nSPS) is 45.1. The molecule has 0 saturated heterocycles. The molecule has 0 aromatic rings. The first-order chi connectivity index (χ1) is 8.67. The second-order valence-corrected chi connectivity index (χ2v) is 5.54. The molecule has 0 fully saturated rings. The minimum Gasteiger partial charge on any atom is -0.419 e. The molecule has 4 bridgehead atoms. The van der Waals surface area contributed by atoms with Gasteiger partial charge in [-0.1, -0.05) is 24.3 Å². The summed E-state index contributed by atoms with van der Waals surface area (Å²) < 4.78 is 11.0. The van der Waals surface area contributed by atoms with Gasteiger partial charge in [0.05, 0.1) is 0 Å². The van der Waals surface area contributed by atoms with Gasteiger partial charge >= 0.3 is 6.16 Å². The molecule has 0 aromatic heterocycles. The number of fused-ring (bicyclic) bond motifs is 4. The SMILES string of the molecule is O=C(OC12C=CC(C=C1)C2)OC12C=CC(C=C1)C2. The Balaban J connectivity index is 1.46. The Morgan fingerprint density at radius 1 is 0.833 bits per heavy atom. The van der Waals surface area contributed by atoms with E-state index >= 15 is 0 Å². The van der Waals surface area contributed by atoms with Crippen LogP contribution in [0.5, 0.6) is 0 Å². The molecule has 0 aromatic carbocycles. The zero-order chi connectivity index (χ0) is 12.2. The molecule has 4 aliphatic rings. The van der Waals surface area contributed by atoms with Crippen LogP contribution in [-0.2, 0) is 9.47 Å². The maximum Gasteiger partial charge on any atom is 0.510 e. The molecule has 0 N–H and O–H groups in total. The highest BCUT2D eigenvalue weighted by atomic mass is 16.7. The number of hydrogen-bond acceptors (Lipinski definition) is 3. The van der Waals surface area contributed by atoms with Crippen LogP contribution in [0, 0.1) is 11.8 Å². The van der Waals surface area contributed by atoms with Crippen LogP contribution in [0.1, 0.15) is 12.8 Å². The van der Waals surface area contributed by atoms with E-state index in [-0.39, 0.29) is 0 Å². The number of hydrogen-bond donors (Lipinski definition) is 0. The van der Waals surface area contributed by atoms with Gasteiger partial charge in [0.25, 0.3) is 0 Å². The third-order valence-electron chi connectivity index (χ3n) is 4.16. The maximum absolute atomic E-state index is 11.9. The number of ether oxygens (including phenoxy) is 2. The Kier molecular flexibility index (Phi) is 1.79. The number of carbonyl (C=O) groups is 1. The summed E-state index contributed by atoms with van der Waals surface area (Å²) in [4.78, 5) is 11.9. The Bertz CT molecular complexity index is 450. The second kappa shape index (κ2) is 3.16. The smallest absolute Gasteiger partial charge is 0.419 e. The van der Waals surface area contributed by atoms with Gasteiger partial charge in [-0.2, -0.15) is 0 Å².